The first kappa shape index (κ1) is 9.96. The van der Waals surface area contributed by atoms with Gasteiger partial charge in [-0.3, -0.25) is 0 Å². The predicted octanol–water partition coefficient (Wildman–Crippen LogP) is 2.99. The van der Waals surface area contributed by atoms with Gasteiger partial charge in [-0.15, -0.1) is 0 Å². The Morgan fingerprint density at radius 1 is 0.900 bits per heavy atom. The number of rotatable bonds is 1. The SMILES string of the molecule is C1CCCCC1.CCOC. The topological polar surface area (TPSA) is 9.23 Å². The Morgan fingerprint density at radius 3 is 1.20 bits per heavy atom. The molecule has 1 fully saturated rings. The Balaban J connectivity index is 0.000000180. The van der Waals surface area contributed by atoms with Crippen LogP contribution >= 0.6 is 0 Å². The van der Waals surface area contributed by atoms with E-state index in [1.54, 1.807) is 7.11 Å². The minimum absolute atomic E-state index is 0.819. The van der Waals surface area contributed by atoms with Gasteiger partial charge in [-0.2, -0.15) is 0 Å². The van der Waals surface area contributed by atoms with Gasteiger partial charge in [0.25, 0.3) is 0 Å². The summed E-state index contributed by atoms with van der Waals surface area (Å²) < 4.78 is 4.54. The number of hydrogen-bond acceptors (Lipinski definition) is 1. The molecule has 0 saturated heterocycles. The molecule has 0 unspecified atom stereocenters. The number of methoxy groups -OCH3 is 1. The van der Waals surface area contributed by atoms with Gasteiger partial charge < -0.3 is 4.74 Å². The van der Waals surface area contributed by atoms with E-state index in [0.29, 0.717) is 0 Å². The second-order valence-corrected chi connectivity index (χ2v) is 2.70. The van der Waals surface area contributed by atoms with Gasteiger partial charge >= 0.3 is 0 Å². The van der Waals surface area contributed by atoms with Crippen LogP contribution in [-0.4, -0.2) is 13.7 Å². The molecule has 0 amide bonds. The van der Waals surface area contributed by atoms with Crippen LogP contribution in [-0.2, 0) is 4.74 Å². The Morgan fingerprint density at radius 2 is 1.10 bits per heavy atom. The Bertz CT molecular complexity index is 35.2. The molecule has 0 N–H and O–H groups in total. The summed E-state index contributed by atoms with van der Waals surface area (Å²) in [5.74, 6) is 0. The highest BCUT2D eigenvalue weighted by Crippen LogP contribution is 2.15. The highest BCUT2D eigenvalue weighted by atomic mass is 16.5. The molecule has 0 atom stereocenters. The van der Waals surface area contributed by atoms with E-state index in [2.05, 4.69) is 4.74 Å². The normalized spacial score (nSPS) is 17.4. The van der Waals surface area contributed by atoms with E-state index in [9.17, 15) is 0 Å². The van der Waals surface area contributed by atoms with Crippen molar-refractivity contribution in [1.29, 1.82) is 0 Å². The minimum atomic E-state index is 0.819. The number of hydrogen-bond donors (Lipinski definition) is 0. The molecule has 0 spiro atoms. The van der Waals surface area contributed by atoms with Gasteiger partial charge in [-0.25, -0.2) is 0 Å². The van der Waals surface area contributed by atoms with Crippen molar-refractivity contribution in [2.45, 2.75) is 45.4 Å². The third-order valence-electron chi connectivity index (χ3n) is 1.79. The van der Waals surface area contributed by atoms with E-state index in [-0.39, 0.29) is 0 Å². The van der Waals surface area contributed by atoms with Gasteiger partial charge in [0.05, 0.1) is 0 Å². The third-order valence-corrected chi connectivity index (χ3v) is 1.79. The minimum Gasteiger partial charge on any atom is -0.385 e. The standard InChI is InChI=1S/C6H12.C3H8O/c1-2-4-6-5-3-1;1-3-4-2/h1-6H2;3H2,1-2H3. The summed E-state index contributed by atoms with van der Waals surface area (Å²) in [6.07, 6.45) is 9.00. The maximum atomic E-state index is 4.54. The Hall–Kier alpha value is -0.0400. The van der Waals surface area contributed by atoms with Crippen molar-refractivity contribution in [3.63, 3.8) is 0 Å². The summed E-state index contributed by atoms with van der Waals surface area (Å²) in [6.45, 7) is 2.78. The van der Waals surface area contributed by atoms with Crippen molar-refractivity contribution in [3.8, 4) is 0 Å². The smallest absolute Gasteiger partial charge is 0.0433 e. The molecule has 1 saturated carbocycles. The second kappa shape index (κ2) is 8.96. The lowest BCUT2D eigenvalue weighted by atomic mass is 10.0. The maximum Gasteiger partial charge on any atom is 0.0433 e. The van der Waals surface area contributed by atoms with E-state index in [4.69, 9.17) is 0 Å². The van der Waals surface area contributed by atoms with E-state index in [0.717, 1.165) is 6.61 Å². The molecule has 0 aliphatic heterocycles. The first-order valence-corrected chi connectivity index (χ1v) is 4.40. The first-order valence-electron chi connectivity index (χ1n) is 4.40. The lowest BCUT2D eigenvalue weighted by Crippen LogP contribution is -1.85. The summed E-state index contributed by atoms with van der Waals surface area (Å²) in [5, 5.41) is 0. The quantitative estimate of drug-likeness (QED) is 0.549. The average molecular weight is 144 g/mol. The molecule has 10 heavy (non-hydrogen) atoms. The van der Waals surface area contributed by atoms with Gasteiger partial charge in [0.1, 0.15) is 0 Å². The third kappa shape index (κ3) is 7.96. The van der Waals surface area contributed by atoms with Crippen molar-refractivity contribution in [1.82, 2.24) is 0 Å². The zero-order chi connectivity index (χ0) is 7.66. The summed E-state index contributed by atoms with van der Waals surface area (Å²) in [4.78, 5) is 0. The molecule has 62 valence electrons. The van der Waals surface area contributed by atoms with Crippen LogP contribution in [0.2, 0.25) is 0 Å². The van der Waals surface area contributed by atoms with Crippen LogP contribution in [0.4, 0.5) is 0 Å². The fourth-order valence-corrected chi connectivity index (χ4v) is 1.06. The Kier molecular flexibility index (Phi) is 8.92. The van der Waals surface area contributed by atoms with E-state index in [1.165, 1.54) is 38.5 Å². The Labute approximate surface area is 64.8 Å². The van der Waals surface area contributed by atoms with Crippen LogP contribution in [0.1, 0.15) is 45.4 Å². The molecule has 1 aliphatic rings. The van der Waals surface area contributed by atoms with Crippen LogP contribution in [0.15, 0.2) is 0 Å². The van der Waals surface area contributed by atoms with Crippen LogP contribution in [0.5, 0.6) is 0 Å². The van der Waals surface area contributed by atoms with Crippen LogP contribution in [0.3, 0.4) is 0 Å². The summed E-state index contributed by atoms with van der Waals surface area (Å²) >= 11 is 0. The van der Waals surface area contributed by atoms with Crippen LogP contribution in [0.25, 0.3) is 0 Å². The molecule has 0 aromatic heterocycles. The predicted molar refractivity (Wildman–Crippen MR) is 45.3 cm³/mol. The maximum absolute atomic E-state index is 4.54. The highest BCUT2D eigenvalue weighted by molar-refractivity contribution is 4.51. The van der Waals surface area contributed by atoms with Gasteiger partial charge in [0.15, 0.2) is 0 Å². The molecule has 0 aromatic carbocycles. The van der Waals surface area contributed by atoms with E-state index in [1.807, 2.05) is 6.92 Å². The lowest BCUT2D eigenvalue weighted by Gasteiger charge is -2.05. The molecule has 1 heteroatoms. The molecule has 1 aliphatic carbocycles. The van der Waals surface area contributed by atoms with Gasteiger partial charge in [-0.1, -0.05) is 38.5 Å². The molecule has 1 nitrogen and oxygen atoms in total. The summed E-state index contributed by atoms with van der Waals surface area (Å²) in [5.41, 5.74) is 0. The van der Waals surface area contributed by atoms with Gasteiger partial charge in [-0.05, 0) is 6.92 Å². The largest absolute Gasteiger partial charge is 0.385 e. The molecular weight excluding hydrogens is 124 g/mol. The van der Waals surface area contributed by atoms with Crippen LogP contribution in [0, 0.1) is 0 Å². The van der Waals surface area contributed by atoms with Crippen molar-refractivity contribution in [2.24, 2.45) is 0 Å². The fourth-order valence-electron chi connectivity index (χ4n) is 1.06. The first-order chi connectivity index (χ1) is 4.91. The van der Waals surface area contributed by atoms with Crippen molar-refractivity contribution < 1.29 is 4.74 Å². The monoisotopic (exact) mass is 144 g/mol. The zero-order valence-electron chi connectivity index (χ0n) is 7.36. The van der Waals surface area contributed by atoms with E-state index >= 15 is 0 Å². The van der Waals surface area contributed by atoms with E-state index < -0.39 is 0 Å². The molecule has 0 radical (unpaired) electrons. The van der Waals surface area contributed by atoms with Crippen molar-refractivity contribution in [3.05, 3.63) is 0 Å². The van der Waals surface area contributed by atoms with Gasteiger partial charge in [0.2, 0.25) is 0 Å². The fraction of sp³-hybridized carbons (Fsp3) is 1.00. The summed E-state index contributed by atoms with van der Waals surface area (Å²) in [6, 6.07) is 0. The van der Waals surface area contributed by atoms with Crippen molar-refractivity contribution >= 4 is 0 Å². The molecule has 0 bridgehead atoms. The number of ether oxygens (including phenoxy) is 1. The van der Waals surface area contributed by atoms with Gasteiger partial charge in [0, 0.05) is 13.7 Å². The van der Waals surface area contributed by atoms with Crippen molar-refractivity contribution in [2.75, 3.05) is 13.7 Å². The van der Waals surface area contributed by atoms with Crippen LogP contribution < -0.4 is 0 Å². The zero-order valence-corrected chi connectivity index (χ0v) is 7.36. The molecule has 0 heterocycles. The summed E-state index contributed by atoms with van der Waals surface area (Å²) in [7, 11) is 1.68. The second-order valence-electron chi connectivity index (χ2n) is 2.70. The molecule has 1 rings (SSSR count). The lowest BCUT2D eigenvalue weighted by molar-refractivity contribution is 0.215. The molecule has 0 aromatic rings. The highest BCUT2D eigenvalue weighted by Gasteiger charge is 1.95. The average Bonchev–Trinajstić information content (AvgIpc) is 2.08. The molecular formula is C9H20O.